The van der Waals surface area contributed by atoms with E-state index in [1.54, 1.807) is 22.4 Å². The van der Waals surface area contributed by atoms with Crippen LogP contribution in [0.1, 0.15) is 16.6 Å². The van der Waals surface area contributed by atoms with Gasteiger partial charge in [-0.2, -0.15) is 0 Å². The zero-order valence-electron chi connectivity index (χ0n) is 11.6. The number of rotatable bonds is 4. The van der Waals surface area contributed by atoms with Gasteiger partial charge in [0.05, 0.1) is 12.7 Å². The summed E-state index contributed by atoms with van der Waals surface area (Å²) < 4.78 is 5.97. The minimum Gasteiger partial charge on any atom is -0.435 e. The molecule has 1 unspecified atom stereocenters. The summed E-state index contributed by atoms with van der Waals surface area (Å²) in [6.45, 7) is 2.71. The molecular weight excluding hydrogens is 346 g/mol. The molecule has 1 aliphatic rings. The number of carbonyl (C=O) groups is 2. The number of halogens is 1. The van der Waals surface area contributed by atoms with E-state index in [1.165, 1.54) is 33.8 Å². The van der Waals surface area contributed by atoms with Gasteiger partial charge in [-0.15, -0.1) is 11.3 Å². The number of urea groups is 1. The smallest absolute Gasteiger partial charge is 0.350 e. The van der Waals surface area contributed by atoms with Crippen molar-refractivity contribution in [1.29, 1.82) is 0 Å². The molecular formula is C13H12ClN3O3S2. The van der Waals surface area contributed by atoms with Crippen LogP contribution in [0, 0.1) is 0 Å². The molecule has 1 aliphatic heterocycles. The van der Waals surface area contributed by atoms with E-state index in [9.17, 15) is 9.59 Å². The molecule has 3 rings (SSSR count). The van der Waals surface area contributed by atoms with Gasteiger partial charge in [0.15, 0.2) is 5.13 Å². The van der Waals surface area contributed by atoms with Gasteiger partial charge in [-0.05, 0) is 18.4 Å². The predicted molar refractivity (Wildman–Crippen MR) is 85.8 cm³/mol. The van der Waals surface area contributed by atoms with E-state index < -0.39 is 12.2 Å². The molecule has 0 radical (unpaired) electrons. The summed E-state index contributed by atoms with van der Waals surface area (Å²) in [5.41, 5.74) is 0. The highest BCUT2D eigenvalue weighted by atomic mass is 35.5. The molecule has 22 heavy (non-hydrogen) atoms. The molecule has 0 aliphatic carbocycles. The van der Waals surface area contributed by atoms with Crippen molar-refractivity contribution in [1.82, 2.24) is 9.88 Å². The zero-order valence-corrected chi connectivity index (χ0v) is 14.0. The molecule has 0 N–H and O–H groups in total. The molecule has 2 amide bonds. The third-order valence-corrected chi connectivity index (χ3v) is 5.12. The van der Waals surface area contributed by atoms with Crippen molar-refractivity contribution in [2.75, 3.05) is 18.0 Å². The van der Waals surface area contributed by atoms with E-state index in [2.05, 4.69) is 4.98 Å². The number of thiophene rings is 1. The first-order valence-corrected chi connectivity index (χ1v) is 8.61. The number of esters is 1. The van der Waals surface area contributed by atoms with Gasteiger partial charge in [0.1, 0.15) is 9.21 Å². The van der Waals surface area contributed by atoms with E-state index in [0.717, 1.165) is 0 Å². The fourth-order valence-electron chi connectivity index (χ4n) is 2.12. The first-order chi connectivity index (χ1) is 10.6. The highest BCUT2D eigenvalue weighted by molar-refractivity contribution is 7.19. The summed E-state index contributed by atoms with van der Waals surface area (Å²) in [5.74, 6) is -0.446. The number of hydrogen-bond acceptors (Lipinski definition) is 6. The van der Waals surface area contributed by atoms with Crippen LogP contribution in [0.2, 0.25) is 4.34 Å². The van der Waals surface area contributed by atoms with Gasteiger partial charge < -0.3 is 9.64 Å². The van der Waals surface area contributed by atoms with Crippen LogP contribution >= 0.6 is 34.3 Å². The van der Waals surface area contributed by atoms with Crippen molar-refractivity contribution in [2.45, 2.75) is 13.2 Å². The maximum Gasteiger partial charge on any atom is 0.350 e. The third kappa shape index (κ3) is 2.81. The Morgan fingerprint density at radius 3 is 3.00 bits per heavy atom. The van der Waals surface area contributed by atoms with E-state index in [-0.39, 0.29) is 6.03 Å². The van der Waals surface area contributed by atoms with E-state index in [1.807, 2.05) is 6.92 Å². The molecule has 9 heteroatoms. The lowest BCUT2D eigenvalue weighted by Gasteiger charge is -2.19. The van der Waals surface area contributed by atoms with Gasteiger partial charge in [-0.3, -0.25) is 0 Å². The Kier molecular flexibility index (Phi) is 4.32. The number of amides is 2. The maximum absolute atomic E-state index is 12.4. The summed E-state index contributed by atoms with van der Waals surface area (Å²) in [6.07, 6.45) is 0.769. The molecule has 116 valence electrons. The molecule has 6 nitrogen and oxygen atoms in total. The average Bonchev–Trinajstić information content (AvgIpc) is 3.20. The lowest BCUT2D eigenvalue weighted by Crippen LogP contribution is -2.37. The molecule has 2 aromatic heterocycles. The normalized spacial score (nSPS) is 18.1. The number of ether oxygens (including phenoxy) is 1. The van der Waals surface area contributed by atoms with Crippen LogP contribution in [-0.4, -0.2) is 41.2 Å². The van der Waals surface area contributed by atoms with Crippen molar-refractivity contribution in [3.05, 3.63) is 32.9 Å². The van der Waals surface area contributed by atoms with Crippen LogP contribution in [0.5, 0.6) is 0 Å². The summed E-state index contributed by atoms with van der Waals surface area (Å²) in [7, 11) is 0. The van der Waals surface area contributed by atoms with E-state index in [0.29, 0.717) is 27.4 Å². The van der Waals surface area contributed by atoms with Crippen molar-refractivity contribution in [2.24, 2.45) is 0 Å². The summed E-state index contributed by atoms with van der Waals surface area (Å²) in [6, 6.07) is 3.22. The monoisotopic (exact) mass is 357 g/mol. The van der Waals surface area contributed by atoms with Crippen LogP contribution in [0.3, 0.4) is 0 Å². The highest BCUT2D eigenvalue weighted by Gasteiger charge is 2.41. The van der Waals surface area contributed by atoms with E-state index in [4.69, 9.17) is 16.3 Å². The molecule has 1 fully saturated rings. The van der Waals surface area contributed by atoms with Gasteiger partial charge in [0.2, 0.25) is 6.23 Å². The second-order valence-electron chi connectivity index (χ2n) is 4.48. The second-order valence-corrected chi connectivity index (χ2v) is 7.06. The molecule has 3 heterocycles. The number of thiazole rings is 1. The quantitative estimate of drug-likeness (QED) is 0.787. The first kappa shape index (κ1) is 15.3. The van der Waals surface area contributed by atoms with Gasteiger partial charge in [0.25, 0.3) is 0 Å². The van der Waals surface area contributed by atoms with Crippen LogP contribution in [0.4, 0.5) is 9.93 Å². The summed E-state index contributed by atoms with van der Waals surface area (Å²) in [4.78, 5) is 32.1. The predicted octanol–water partition coefficient (Wildman–Crippen LogP) is 3.30. The Balaban J connectivity index is 1.84. The number of hydrogen-bond donors (Lipinski definition) is 0. The minimum absolute atomic E-state index is 0.238. The Bertz CT molecular complexity index is 689. The van der Waals surface area contributed by atoms with Crippen LogP contribution in [0.15, 0.2) is 23.7 Å². The number of carbonyl (C=O) groups excluding carboxylic acids is 2. The van der Waals surface area contributed by atoms with Crippen LogP contribution in [0.25, 0.3) is 0 Å². The minimum atomic E-state index is -0.704. The lowest BCUT2D eigenvalue weighted by atomic mass is 10.4. The maximum atomic E-state index is 12.4. The Hall–Kier alpha value is -1.64. The van der Waals surface area contributed by atoms with Crippen molar-refractivity contribution in [3.63, 3.8) is 0 Å². The molecule has 0 spiro atoms. The summed E-state index contributed by atoms with van der Waals surface area (Å²) >= 11 is 8.36. The zero-order chi connectivity index (χ0) is 15.7. The van der Waals surface area contributed by atoms with Gasteiger partial charge in [-0.1, -0.05) is 29.0 Å². The average molecular weight is 358 g/mol. The van der Waals surface area contributed by atoms with Crippen LogP contribution < -0.4 is 4.90 Å². The Labute approximate surface area is 139 Å². The van der Waals surface area contributed by atoms with Gasteiger partial charge in [-0.25, -0.2) is 19.5 Å². The number of anilines is 1. The number of likely N-dealkylation sites (N-methyl/N-ethyl adjacent to an activating group) is 1. The fourth-order valence-corrected chi connectivity index (χ4v) is 3.66. The Morgan fingerprint density at radius 1 is 1.59 bits per heavy atom. The third-order valence-electron chi connectivity index (χ3n) is 3.16. The first-order valence-electron chi connectivity index (χ1n) is 6.54. The molecule has 1 atom stereocenters. The van der Waals surface area contributed by atoms with Crippen molar-refractivity contribution < 1.29 is 14.3 Å². The van der Waals surface area contributed by atoms with Gasteiger partial charge >= 0.3 is 12.0 Å². The summed E-state index contributed by atoms with van der Waals surface area (Å²) in [5, 5.41) is 2.22. The fraction of sp³-hybridized carbons (Fsp3) is 0.308. The number of nitrogens with zero attached hydrogens (tertiary/aromatic N) is 3. The SMILES string of the molecule is CCN1CC(OC(=O)c2cccs2)N(c2ncc(Cl)s2)C1=O. The van der Waals surface area contributed by atoms with Crippen LogP contribution in [-0.2, 0) is 4.74 Å². The molecule has 0 bridgehead atoms. The molecule has 0 saturated carbocycles. The largest absolute Gasteiger partial charge is 0.435 e. The highest BCUT2D eigenvalue weighted by Crippen LogP contribution is 2.32. The van der Waals surface area contributed by atoms with Gasteiger partial charge in [0, 0.05) is 6.54 Å². The standard InChI is InChI=1S/C13H12ClN3O3S2/c1-2-16-7-10(20-11(18)8-4-3-5-21-8)17(13(16)19)12-15-6-9(14)22-12/h3-6,10H,2,7H2,1H3. The second kappa shape index (κ2) is 6.23. The van der Waals surface area contributed by atoms with Crippen molar-refractivity contribution >= 4 is 51.4 Å². The van der Waals surface area contributed by atoms with Crippen molar-refractivity contribution in [3.8, 4) is 0 Å². The Morgan fingerprint density at radius 2 is 2.41 bits per heavy atom. The molecule has 1 saturated heterocycles. The molecule has 2 aromatic rings. The number of aromatic nitrogens is 1. The topological polar surface area (TPSA) is 62.7 Å². The lowest BCUT2D eigenvalue weighted by molar-refractivity contribution is 0.0333. The molecule has 0 aromatic carbocycles. The van der Waals surface area contributed by atoms with E-state index >= 15 is 0 Å².